The topological polar surface area (TPSA) is 17.1 Å². The zero-order valence-corrected chi connectivity index (χ0v) is 12.6. The molecular formula is C18H18OS. The molecule has 0 atom stereocenters. The van der Waals surface area contributed by atoms with E-state index in [2.05, 4.69) is 0 Å². The lowest BCUT2D eigenvalue weighted by Crippen LogP contribution is -1.97. The van der Waals surface area contributed by atoms with Crippen LogP contribution in [0.3, 0.4) is 0 Å². The van der Waals surface area contributed by atoms with Gasteiger partial charge in [0.25, 0.3) is 0 Å². The summed E-state index contributed by atoms with van der Waals surface area (Å²) in [5.74, 6) is 0. The van der Waals surface area contributed by atoms with Gasteiger partial charge in [-0.3, -0.25) is 4.79 Å². The Morgan fingerprint density at radius 1 is 0.900 bits per heavy atom. The van der Waals surface area contributed by atoms with Crippen molar-refractivity contribution in [3.63, 3.8) is 0 Å². The SMILES string of the molecule is CC(C)SC(=O)C=C(c1ccccc1)c1ccccc1. The fourth-order valence-electron chi connectivity index (χ4n) is 1.95. The van der Waals surface area contributed by atoms with Gasteiger partial charge < -0.3 is 0 Å². The van der Waals surface area contributed by atoms with Crippen LogP contribution in [-0.4, -0.2) is 10.4 Å². The molecule has 0 bridgehead atoms. The second-order valence-electron chi connectivity index (χ2n) is 4.78. The molecule has 1 nitrogen and oxygen atoms in total. The summed E-state index contributed by atoms with van der Waals surface area (Å²) in [4.78, 5) is 12.1. The van der Waals surface area contributed by atoms with Crippen molar-refractivity contribution in [2.45, 2.75) is 19.1 Å². The van der Waals surface area contributed by atoms with Gasteiger partial charge in [-0.2, -0.15) is 0 Å². The molecule has 20 heavy (non-hydrogen) atoms. The Kier molecular flexibility index (Phi) is 5.19. The van der Waals surface area contributed by atoms with E-state index in [0.29, 0.717) is 5.25 Å². The molecule has 0 heterocycles. The average molecular weight is 282 g/mol. The number of carbonyl (C=O) groups excluding carboxylic acids is 1. The van der Waals surface area contributed by atoms with Gasteiger partial charge in [0, 0.05) is 11.3 Å². The van der Waals surface area contributed by atoms with E-state index in [1.54, 1.807) is 6.08 Å². The Labute approximate surface area is 124 Å². The van der Waals surface area contributed by atoms with Crippen LogP contribution in [0, 0.1) is 0 Å². The summed E-state index contributed by atoms with van der Waals surface area (Å²) >= 11 is 1.36. The van der Waals surface area contributed by atoms with Crippen LogP contribution in [0.4, 0.5) is 0 Å². The van der Waals surface area contributed by atoms with Gasteiger partial charge in [0.1, 0.15) is 0 Å². The number of rotatable bonds is 4. The van der Waals surface area contributed by atoms with Crippen molar-refractivity contribution >= 4 is 22.5 Å². The molecule has 102 valence electrons. The summed E-state index contributed by atoms with van der Waals surface area (Å²) < 4.78 is 0. The first-order chi connectivity index (χ1) is 9.66. The van der Waals surface area contributed by atoms with Gasteiger partial charge in [-0.05, 0) is 16.7 Å². The predicted octanol–water partition coefficient (Wildman–Crippen LogP) is 4.79. The van der Waals surface area contributed by atoms with Crippen molar-refractivity contribution in [2.24, 2.45) is 0 Å². The quantitative estimate of drug-likeness (QED) is 0.750. The molecule has 0 fully saturated rings. The molecular weight excluding hydrogens is 264 g/mol. The van der Waals surface area contributed by atoms with Crippen LogP contribution in [0.2, 0.25) is 0 Å². The van der Waals surface area contributed by atoms with Crippen LogP contribution < -0.4 is 0 Å². The van der Waals surface area contributed by atoms with Gasteiger partial charge in [0.05, 0.1) is 0 Å². The number of hydrogen-bond acceptors (Lipinski definition) is 2. The lowest BCUT2D eigenvalue weighted by Gasteiger charge is -2.08. The molecule has 2 aromatic rings. The van der Waals surface area contributed by atoms with Gasteiger partial charge in [-0.15, -0.1) is 0 Å². The van der Waals surface area contributed by atoms with Gasteiger partial charge >= 0.3 is 0 Å². The summed E-state index contributed by atoms with van der Waals surface area (Å²) in [5.41, 5.74) is 3.11. The molecule has 0 spiro atoms. The molecule has 2 aromatic carbocycles. The van der Waals surface area contributed by atoms with Crippen molar-refractivity contribution in [1.82, 2.24) is 0 Å². The third kappa shape index (κ3) is 4.10. The Bertz CT molecular complexity index is 544. The standard InChI is InChI=1S/C18H18OS/c1-14(2)20-18(19)13-17(15-9-5-3-6-10-15)16-11-7-4-8-12-16/h3-14H,1-2H3. The van der Waals surface area contributed by atoms with Gasteiger partial charge in [-0.1, -0.05) is 86.3 Å². The van der Waals surface area contributed by atoms with Crippen LogP contribution in [-0.2, 0) is 4.79 Å². The molecule has 0 saturated heterocycles. The summed E-state index contributed by atoms with van der Waals surface area (Å²) in [6, 6.07) is 20.1. The first-order valence-electron chi connectivity index (χ1n) is 6.70. The zero-order chi connectivity index (χ0) is 14.4. The molecule has 0 amide bonds. The minimum atomic E-state index is 0.0997. The van der Waals surface area contributed by atoms with E-state index in [4.69, 9.17) is 0 Å². The Balaban J connectivity index is 2.40. The van der Waals surface area contributed by atoms with Crippen molar-refractivity contribution in [2.75, 3.05) is 0 Å². The minimum Gasteiger partial charge on any atom is -0.282 e. The van der Waals surface area contributed by atoms with E-state index in [0.717, 1.165) is 16.7 Å². The van der Waals surface area contributed by atoms with Crippen LogP contribution in [0.15, 0.2) is 66.7 Å². The van der Waals surface area contributed by atoms with E-state index in [1.807, 2.05) is 74.5 Å². The molecule has 0 radical (unpaired) electrons. The molecule has 0 unspecified atom stereocenters. The summed E-state index contributed by atoms with van der Waals surface area (Å²) in [5, 5.41) is 0.397. The van der Waals surface area contributed by atoms with Crippen molar-refractivity contribution in [1.29, 1.82) is 0 Å². The second kappa shape index (κ2) is 7.11. The lowest BCUT2D eigenvalue weighted by molar-refractivity contribution is -0.107. The molecule has 2 heteroatoms. The zero-order valence-electron chi connectivity index (χ0n) is 11.7. The Morgan fingerprint density at radius 3 is 1.75 bits per heavy atom. The maximum absolute atomic E-state index is 12.1. The maximum Gasteiger partial charge on any atom is 0.213 e. The van der Waals surface area contributed by atoms with Gasteiger partial charge in [0.2, 0.25) is 5.12 Å². The highest BCUT2D eigenvalue weighted by Crippen LogP contribution is 2.25. The molecule has 0 aliphatic heterocycles. The third-order valence-electron chi connectivity index (χ3n) is 2.78. The van der Waals surface area contributed by atoms with E-state index in [9.17, 15) is 4.79 Å². The van der Waals surface area contributed by atoms with Crippen molar-refractivity contribution < 1.29 is 4.79 Å². The van der Waals surface area contributed by atoms with E-state index in [-0.39, 0.29) is 5.12 Å². The number of carbonyl (C=O) groups is 1. The highest BCUT2D eigenvalue weighted by molar-refractivity contribution is 8.14. The fourth-order valence-corrected chi connectivity index (χ4v) is 2.60. The van der Waals surface area contributed by atoms with Crippen LogP contribution in [0.5, 0.6) is 0 Å². The number of benzene rings is 2. The lowest BCUT2D eigenvalue weighted by atomic mass is 9.98. The van der Waals surface area contributed by atoms with E-state index >= 15 is 0 Å². The van der Waals surface area contributed by atoms with Crippen molar-refractivity contribution in [3.05, 3.63) is 77.9 Å². The normalized spacial score (nSPS) is 10.3. The minimum absolute atomic E-state index is 0.0997. The summed E-state index contributed by atoms with van der Waals surface area (Å²) in [6.45, 7) is 4.06. The molecule has 0 N–H and O–H groups in total. The Hall–Kier alpha value is -1.80. The average Bonchev–Trinajstić information content (AvgIpc) is 2.46. The van der Waals surface area contributed by atoms with Crippen LogP contribution in [0.1, 0.15) is 25.0 Å². The van der Waals surface area contributed by atoms with Gasteiger partial charge in [-0.25, -0.2) is 0 Å². The first kappa shape index (κ1) is 14.6. The molecule has 0 aliphatic carbocycles. The number of hydrogen-bond donors (Lipinski definition) is 0. The van der Waals surface area contributed by atoms with E-state index in [1.165, 1.54) is 11.8 Å². The smallest absolute Gasteiger partial charge is 0.213 e. The molecule has 0 saturated carbocycles. The second-order valence-corrected chi connectivity index (χ2v) is 6.36. The Morgan fingerprint density at radius 2 is 1.35 bits per heavy atom. The maximum atomic E-state index is 12.1. The van der Waals surface area contributed by atoms with Crippen LogP contribution >= 0.6 is 11.8 Å². The summed E-state index contributed by atoms with van der Waals surface area (Å²) in [7, 11) is 0. The predicted molar refractivity (Wildman–Crippen MR) is 87.7 cm³/mol. The fraction of sp³-hybridized carbons (Fsp3) is 0.167. The van der Waals surface area contributed by atoms with Crippen LogP contribution in [0.25, 0.3) is 5.57 Å². The number of thioether (sulfide) groups is 1. The first-order valence-corrected chi connectivity index (χ1v) is 7.58. The van der Waals surface area contributed by atoms with Crippen molar-refractivity contribution in [3.8, 4) is 0 Å². The molecule has 0 aliphatic rings. The highest BCUT2D eigenvalue weighted by Gasteiger charge is 2.09. The monoisotopic (exact) mass is 282 g/mol. The largest absolute Gasteiger partial charge is 0.282 e. The summed E-state index contributed by atoms with van der Waals surface area (Å²) in [6.07, 6.45) is 1.75. The molecule has 0 aromatic heterocycles. The van der Waals surface area contributed by atoms with Gasteiger partial charge in [0.15, 0.2) is 0 Å². The van der Waals surface area contributed by atoms with E-state index < -0.39 is 0 Å². The highest BCUT2D eigenvalue weighted by atomic mass is 32.2. The third-order valence-corrected chi connectivity index (χ3v) is 3.61. The molecule has 2 rings (SSSR count).